The van der Waals surface area contributed by atoms with Gasteiger partial charge in [0.15, 0.2) is 9.84 Å². The van der Waals surface area contributed by atoms with Crippen LogP contribution in [0.3, 0.4) is 0 Å². The minimum Gasteiger partial charge on any atom is -0.478 e. The highest BCUT2D eigenvalue weighted by Crippen LogP contribution is 2.27. The summed E-state index contributed by atoms with van der Waals surface area (Å²) in [6.45, 7) is 2.22. The number of hydrogen-bond donors (Lipinski definition) is 1. The van der Waals surface area contributed by atoms with Gasteiger partial charge in [0.25, 0.3) is 0 Å². The van der Waals surface area contributed by atoms with E-state index in [-0.39, 0.29) is 17.4 Å². The molecule has 0 amide bonds. The van der Waals surface area contributed by atoms with Crippen LogP contribution in [0.2, 0.25) is 0 Å². The van der Waals surface area contributed by atoms with Crippen LogP contribution >= 0.6 is 15.9 Å². The standard InChI is InChI=1S/C13H15BrO5S/c1-8-12(4-5-19-8)20(17,18)7-10-3-2-9(13(15)16)6-11(10)14/h2-3,6,8,12H,4-5,7H2,1H3,(H,15,16). The SMILES string of the molecule is CC1OCCC1S(=O)(=O)Cc1ccc(C(=O)O)cc1Br. The fourth-order valence-corrected chi connectivity index (χ4v) is 5.03. The van der Waals surface area contributed by atoms with E-state index < -0.39 is 21.1 Å². The van der Waals surface area contributed by atoms with Crippen molar-refractivity contribution in [1.29, 1.82) is 0 Å². The lowest BCUT2D eigenvalue weighted by Gasteiger charge is -2.15. The predicted molar refractivity (Wildman–Crippen MR) is 77.5 cm³/mol. The first-order chi connectivity index (χ1) is 9.31. The number of carboxylic acid groups (broad SMARTS) is 1. The Hall–Kier alpha value is -0.920. The third-order valence-electron chi connectivity index (χ3n) is 3.42. The molecule has 0 bridgehead atoms. The lowest BCUT2D eigenvalue weighted by Crippen LogP contribution is -2.29. The van der Waals surface area contributed by atoms with Crippen LogP contribution in [-0.4, -0.2) is 37.5 Å². The van der Waals surface area contributed by atoms with Crippen LogP contribution in [-0.2, 0) is 20.3 Å². The summed E-state index contributed by atoms with van der Waals surface area (Å²) in [4.78, 5) is 10.8. The lowest BCUT2D eigenvalue weighted by atomic mass is 10.1. The van der Waals surface area contributed by atoms with E-state index in [0.29, 0.717) is 23.1 Å². The molecule has 1 aromatic rings. The van der Waals surface area contributed by atoms with Crippen LogP contribution in [0.15, 0.2) is 22.7 Å². The van der Waals surface area contributed by atoms with Gasteiger partial charge in [-0.05, 0) is 31.0 Å². The van der Waals surface area contributed by atoms with Gasteiger partial charge >= 0.3 is 5.97 Å². The fourth-order valence-electron chi connectivity index (χ4n) is 2.30. The smallest absolute Gasteiger partial charge is 0.335 e. The van der Waals surface area contributed by atoms with Crippen LogP contribution in [0.1, 0.15) is 29.3 Å². The Kier molecular flexibility index (Phi) is 4.51. The molecule has 1 aliphatic heterocycles. The van der Waals surface area contributed by atoms with E-state index in [1.807, 2.05) is 0 Å². The normalized spacial score (nSPS) is 22.9. The Balaban J connectivity index is 2.23. The molecule has 7 heteroatoms. The molecule has 1 aromatic carbocycles. The topological polar surface area (TPSA) is 80.7 Å². The molecule has 1 aliphatic rings. The first-order valence-electron chi connectivity index (χ1n) is 6.16. The molecule has 20 heavy (non-hydrogen) atoms. The largest absolute Gasteiger partial charge is 0.478 e. The van der Waals surface area contributed by atoms with Gasteiger partial charge in [0.1, 0.15) is 0 Å². The summed E-state index contributed by atoms with van der Waals surface area (Å²) < 4.78 is 30.5. The molecule has 1 N–H and O–H groups in total. The maximum atomic E-state index is 12.4. The summed E-state index contributed by atoms with van der Waals surface area (Å²) in [7, 11) is -3.32. The first-order valence-corrected chi connectivity index (χ1v) is 8.67. The second-order valence-corrected chi connectivity index (χ2v) is 7.90. The van der Waals surface area contributed by atoms with Crippen molar-refractivity contribution in [2.45, 2.75) is 30.5 Å². The number of rotatable bonds is 4. The zero-order valence-corrected chi connectivity index (χ0v) is 13.3. The maximum absolute atomic E-state index is 12.4. The van der Waals surface area contributed by atoms with Gasteiger partial charge in [0, 0.05) is 11.1 Å². The van der Waals surface area contributed by atoms with E-state index in [1.54, 1.807) is 6.92 Å². The summed E-state index contributed by atoms with van der Waals surface area (Å²) in [5.74, 6) is -1.16. The van der Waals surface area contributed by atoms with Crippen LogP contribution in [0.25, 0.3) is 0 Å². The molecule has 0 saturated carbocycles. The zero-order valence-electron chi connectivity index (χ0n) is 10.9. The third-order valence-corrected chi connectivity index (χ3v) is 6.42. The molecule has 2 unspecified atom stereocenters. The highest BCUT2D eigenvalue weighted by Gasteiger charge is 2.35. The average molecular weight is 363 g/mol. The summed E-state index contributed by atoms with van der Waals surface area (Å²) in [5.41, 5.74) is 0.685. The zero-order chi connectivity index (χ0) is 14.9. The van der Waals surface area contributed by atoms with E-state index in [0.717, 1.165) is 0 Å². The molecule has 0 aromatic heterocycles. The van der Waals surface area contributed by atoms with Gasteiger partial charge < -0.3 is 9.84 Å². The lowest BCUT2D eigenvalue weighted by molar-refractivity contribution is 0.0696. The minimum atomic E-state index is -3.32. The van der Waals surface area contributed by atoms with E-state index in [2.05, 4.69) is 15.9 Å². The van der Waals surface area contributed by atoms with Crippen molar-refractivity contribution in [2.75, 3.05) is 6.61 Å². The summed E-state index contributed by atoms with van der Waals surface area (Å²) >= 11 is 3.23. The van der Waals surface area contributed by atoms with E-state index in [9.17, 15) is 13.2 Å². The van der Waals surface area contributed by atoms with Crippen molar-refractivity contribution >= 4 is 31.7 Å². The molecule has 5 nitrogen and oxygen atoms in total. The van der Waals surface area contributed by atoms with Crippen molar-refractivity contribution in [1.82, 2.24) is 0 Å². The van der Waals surface area contributed by atoms with Crippen molar-refractivity contribution in [3.05, 3.63) is 33.8 Å². The Morgan fingerprint density at radius 3 is 2.70 bits per heavy atom. The highest BCUT2D eigenvalue weighted by atomic mass is 79.9. The number of hydrogen-bond acceptors (Lipinski definition) is 4. The molecule has 2 atom stereocenters. The van der Waals surface area contributed by atoms with Crippen molar-refractivity contribution in [3.63, 3.8) is 0 Å². The molecular weight excluding hydrogens is 348 g/mol. The second-order valence-electron chi connectivity index (χ2n) is 4.82. The number of sulfone groups is 1. The first kappa shape index (κ1) is 15.5. The molecule has 1 fully saturated rings. The Morgan fingerprint density at radius 2 is 2.20 bits per heavy atom. The van der Waals surface area contributed by atoms with Gasteiger partial charge in [-0.25, -0.2) is 13.2 Å². The van der Waals surface area contributed by atoms with E-state index >= 15 is 0 Å². The number of carbonyl (C=O) groups is 1. The van der Waals surface area contributed by atoms with Gasteiger partial charge in [-0.2, -0.15) is 0 Å². The molecule has 2 rings (SSSR count). The highest BCUT2D eigenvalue weighted by molar-refractivity contribution is 9.10. The monoisotopic (exact) mass is 362 g/mol. The van der Waals surface area contributed by atoms with Gasteiger partial charge in [0.2, 0.25) is 0 Å². The summed E-state index contributed by atoms with van der Waals surface area (Å²) in [6, 6.07) is 4.36. The fraction of sp³-hybridized carbons (Fsp3) is 0.462. The van der Waals surface area contributed by atoms with Crippen LogP contribution in [0, 0.1) is 0 Å². The number of carboxylic acids is 1. The Morgan fingerprint density at radius 1 is 1.50 bits per heavy atom. The average Bonchev–Trinajstić information content (AvgIpc) is 2.78. The Bertz CT molecular complexity index is 626. The summed E-state index contributed by atoms with van der Waals surface area (Å²) in [5, 5.41) is 8.39. The molecule has 0 spiro atoms. The third kappa shape index (κ3) is 3.21. The van der Waals surface area contributed by atoms with Crippen molar-refractivity contribution in [2.24, 2.45) is 0 Å². The molecule has 0 radical (unpaired) electrons. The number of ether oxygens (including phenoxy) is 1. The molecule has 110 valence electrons. The van der Waals surface area contributed by atoms with Gasteiger partial charge in [-0.1, -0.05) is 22.0 Å². The van der Waals surface area contributed by atoms with Crippen LogP contribution in [0.5, 0.6) is 0 Å². The van der Waals surface area contributed by atoms with Crippen LogP contribution < -0.4 is 0 Å². The Labute approximate surface area is 126 Å². The predicted octanol–water partition coefficient (Wildman–Crippen LogP) is 2.24. The van der Waals surface area contributed by atoms with Crippen molar-refractivity contribution in [3.8, 4) is 0 Å². The number of aromatic carboxylic acids is 1. The van der Waals surface area contributed by atoms with Crippen LogP contribution in [0.4, 0.5) is 0 Å². The van der Waals surface area contributed by atoms with Crippen molar-refractivity contribution < 1.29 is 23.1 Å². The molecule has 1 saturated heterocycles. The van der Waals surface area contributed by atoms with Gasteiger partial charge in [-0.3, -0.25) is 0 Å². The summed E-state index contributed by atoms with van der Waals surface area (Å²) in [6.07, 6.45) is 0.214. The number of benzene rings is 1. The minimum absolute atomic E-state index is 0.119. The van der Waals surface area contributed by atoms with E-state index in [1.165, 1.54) is 18.2 Å². The molecule has 0 aliphatic carbocycles. The molecule has 1 heterocycles. The second kappa shape index (κ2) is 5.83. The molecular formula is C13H15BrO5S. The van der Waals surface area contributed by atoms with E-state index in [4.69, 9.17) is 9.84 Å². The maximum Gasteiger partial charge on any atom is 0.335 e. The quantitative estimate of drug-likeness (QED) is 0.888. The van der Waals surface area contributed by atoms with Gasteiger partial charge in [0.05, 0.1) is 22.7 Å². The number of halogens is 1. The van der Waals surface area contributed by atoms with Gasteiger partial charge in [-0.15, -0.1) is 0 Å².